The van der Waals surface area contributed by atoms with Crippen molar-refractivity contribution in [3.63, 3.8) is 0 Å². The number of alkyl halides is 1. The van der Waals surface area contributed by atoms with Gasteiger partial charge < -0.3 is 5.11 Å². The van der Waals surface area contributed by atoms with Crippen molar-refractivity contribution in [2.75, 3.05) is 0 Å². The molecule has 0 saturated carbocycles. The van der Waals surface area contributed by atoms with Crippen LogP contribution in [-0.2, 0) is 4.79 Å². The van der Waals surface area contributed by atoms with E-state index in [4.69, 9.17) is 16.7 Å². The number of carboxylic acid groups (broad SMARTS) is 1. The summed E-state index contributed by atoms with van der Waals surface area (Å²) in [6.45, 7) is 0. The lowest BCUT2D eigenvalue weighted by molar-refractivity contribution is -0.131. The Hall–Kier alpha value is -1.02. The first-order chi connectivity index (χ1) is 6.18. The summed E-state index contributed by atoms with van der Waals surface area (Å²) in [4.78, 5) is 10.2. The lowest BCUT2D eigenvalue weighted by Crippen LogP contribution is -1.91. The number of hydrogen-bond donors (Lipinski definition) is 1. The summed E-state index contributed by atoms with van der Waals surface area (Å²) >= 11 is 5.87. The van der Waals surface area contributed by atoms with Gasteiger partial charge in [0.2, 0.25) is 0 Å². The topological polar surface area (TPSA) is 37.3 Å². The molecule has 0 heterocycles. The Kier molecular flexibility index (Phi) is 3.77. The molecule has 1 N–H and O–H groups in total. The van der Waals surface area contributed by atoms with Crippen LogP contribution in [0.1, 0.15) is 6.42 Å². The van der Waals surface area contributed by atoms with Crippen molar-refractivity contribution < 1.29 is 9.90 Å². The smallest absolute Gasteiger partial charge is 0.328 e. The number of carboxylic acids is 1. The molecule has 0 aromatic carbocycles. The van der Waals surface area contributed by atoms with E-state index in [-0.39, 0.29) is 11.3 Å². The summed E-state index contributed by atoms with van der Waals surface area (Å²) in [5.41, 5.74) is 0. The van der Waals surface area contributed by atoms with Gasteiger partial charge in [0, 0.05) is 12.0 Å². The first-order valence-electron chi connectivity index (χ1n) is 4.08. The quantitative estimate of drug-likeness (QED) is 0.420. The molecule has 0 fully saturated rings. The zero-order valence-electron chi connectivity index (χ0n) is 7.06. The van der Waals surface area contributed by atoms with Crippen LogP contribution in [0.15, 0.2) is 36.5 Å². The molecule has 13 heavy (non-hydrogen) atoms. The number of halogens is 1. The number of carbonyl (C=O) groups is 1. The van der Waals surface area contributed by atoms with Crippen molar-refractivity contribution in [1.29, 1.82) is 0 Å². The highest BCUT2D eigenvalue weighted by Crippen LogP contribution is 2.14. The van der Waals surface area contributed by atoms with Crippen LogP contribution < -0.4 is 0 Å². The van der Waals surface area contributed by atoms with Gasteiger partial charge in [-0.1, -0.05) is 30.4 Å². The highest BCUT2D eigenvalue weighted by atomic mass is 35.5. The van der Waals surface area contributed by atoms with E-state index in [2.05, 4.69) is 0 Å². The van der Waals surface area contributed by atoms with Gasteiger partial charge in [-0.25, -0.2) is 4.79 Å². The van der Waals surface area contributed by atoms with Crippen molar-refractivity contribution in [2.24, 2.45) is 5.92 Å². The second-order valence-corrected chi connectivity index (χ2v) is 3.40. The Labute approximate surface area is 82.2 Å². The molecule has 0 bridgehead atoms. The first kappa shape index (κ1) is 10.1. The number of rotatable bonds is 2. The van der Waals surface area contributed by atoms with Crippen molar-refractivity contribution in [2.45, 2.75) is 11.8 Å². The molecule has 1 aliphatic carbocycles. The fourth-order valence-electron chi connectivity index (χ4n) is 1.08. The van der Waals surface area contributed by atoms with Crippen molar-refractivity contribution in [3.05, 3.63) is 36.5 Å². The molecule has 0 spiro atoms. The molecule has 0 saturated heterocycles. The van der Waals surface area contributed by atoms with Crippen LogP contribution in [0.2, 0.25) is 0 Å². The summed E-state index contributed by atoms with van der Waals surface area (Å²) in [5.74, 6) is -0.867. The predicted octanol–water partition coefficient (Wildman–Crippen LogP) is 2.37. The van der Waals surface area contributed by atoms with Crippen LogP contribution >= 0.6 is 11.6 Å². The molecule has 70 valence electrons. The Morgan fingerprint density at radius 1 is 1.46 bits per heavy atom. The van der Waals surface area contributed by atoms with Gasteiger partial charge in [0.1, 0.15) is 0 Å². The fourth-order valence-corrected chi connectivity index (χ4v) is 1.27. The van der Waals surface area contributed by atoms with Gasteiger partial charge in [-0.05, 0) is 6.42 Å². The molecule has 0 aliphatic heterocycles. The Bertz CT molecular complexity index is 266. The molecular weight excluding hydrogens is 188 g/mol. The van der Waals surface area contributed by atoms with Gasteiger partial charge in [0.05, 0.1) is 5.38 Å². The van der Waals surface area contributed by atoms with Crippen LogP contribution in [0, 0.1) is 5.92 Å². The standard InChI is InChI=1S/C10H11ClO2/c11-9-3-1-2-8(4-6-9)5-7-10(12)13/h1-2,4-9H,3H2,(H,12,13)/b7-5+. The summed E-state index contributed by atoms with van der Waals surface area (Å²) in [5, 5.41) is 8.43. The first-order valence-corrected chi connectivity index (χ1v) is 4.52. The van der Waals surface area contributed by atoms with Crippen molar-refractivity contribution >= 4 is 17.6 Å². The zero-order valence-corrected chi connectivity index (χ0v) is 7.82. The molecule has 0 aromatic rings. The molecular formula is C10H11ClO2. The third-order valence-corrected chi connectivity index (χ3v) is 2.05. The van der Waals surface area contributed by atoms with E-state index in [1.165, 1.54) is 0 Å². The second kappa shape index (κ2) is 4.87. The lowest BCUT2D eigenvalue weighted by atomic mass is 10.1. The third kappa shape index (κ3) is 3.95. The minimum absolute atomic E-state index is 0.0273. The second-order valence-electron chi connectivity index (χ2n) is 2.84. The van der Waals surface area contributed by atoms with Gasteiger partial charge >= 0.3 is 5.97 Å². The van der Waals surface area contributed by atoms with Crippen LogP contribution in [0.4, 0.5) is 0 Å². The molecule has 2 unspecified atom stereocenters. The maximum absolute atomic E-state index is 10.2. The van der Waals surface area contributed by atoms with E-state index >= 15 is 0 Å². The van der Waals surface area contributed by atoms with Crippen LogP contribution in [0.5, 0.6) is 0 Å². The van der Waals surface area contributed by atoms with Gasteiger partial charge in [-0.15, -0.1) is 11.6 Å². The fraction of sp³-hybridized carbons (Fsp3) is 0.300. The Morgan fingerprint density at radius 3 is 2.92 bits per heavy atom. The normalized spacial score (nSPS) is 27.8. The van der Waals surface area contributed by atoms with Gasteiger partial charge in [0.25, 0.3) is 0 Å². The van der Waals surface area contributed by atoms with Gasteiger partial charge in [-0.3, -0.25) is 0 Å². The summed E-state index contributed by atoms with van der Waals surface area (Å²) in [6.07, 6.45) is 11.3. The molecule has 2 nitrogen and oxygen atoms in total. The average molecular weight is 199 g/mol. The average Bonchev–Trinajstić information content (AvgIpc) is 2.27. The maximum Gasteiger partial charge on any atom is 0.328 e. The Morgan fingerprint density at radius 2 is 2.23 bits per heavy atom. The van der Waals surface area contributed by atoms with Crippen LogP contribution in [-0.4, -0.2) is 16.5 Å². The van der Waals surface area contributed by atoms with E-state index in [0.29, 0.717) is 0 Å². The van der Waals surface area contributed by atoms with Crippen molar-refractivity contribution in [1.82, 2.24) is 0 Å². The monoisotopic (exact) mass is 198 g/mol. The largest absolute Gasteiger partial charge is 0.478 e. The minimum Gasteiger partial charge on any atom is -0.478 e. The Balaban J connectivity index is 2.60. The molecule has 0 amide bonds. The number of allylic oxidation sites excluding steroid dienone is 5. The molecule has 0 radical (unpaired) electrons. The highest BCUT2D eigenvalue weighted by Gasteiger charge is 2.03. The third-order valence-electron chi connectivity index (χ3n) is 1.72. The van der Waals surface area contributed by atoms with E-state index in [0.717, 1.165) is 12.5 Å². The molecule has 1 aliphatic rings. The highest BCUT2D eigenvalue weighted by molar-refractivity contribution is 6.21. The number of aliphatic carboxylic acids is 1. The molecule has 2 atom stereocenters. The van der Waals surface area contributed by atoms with Crippen molar-refractivity contribution in [3.8, 4) is 0 Å². The summed E-state index contributed by atoms with van der Waals surface area (Å²) < 4.78 is 0. The van der Waals surface area contributed by atoms with Gasteiger partial charge in [-0.2, -0.15) is 0 Å². The summed E-state index contributed by atoms with van der Waals surface area (Å²) in [6, 6.07) is 0. The summed E-state index contributed by atoms with van der Waals surface area (Å²) in [7, 11) is 0. The lowest BCUT2D eigenvalue weighted by Gasteiger charge is -1.96. The van der Waals surface area contributed by atoms with E-state index in [9.17, 15) is 4.79 Å². The molecule has 1 rings (SSSR count). The van der Waals surface area contributed by atoms with E-state index < -0.39 is 5.97 Å². The maximum atomic E-state index is 10.2. The predicted molar refractivity (Wildman–Crippen MR) is 52.8 cm³/mol. The van der Waals surface area contributed by atoms with Gasteiger partial charge in [0.15, 0.2) is 0 Å². The van der Waals surface area contributed by atoms with Crippen LogP contribution in [0.3, 0.4) is 0 Å². The minimum atomic E-state index is -0.923. The number of hydrogen-bond acceptors (Lipinski definition) is 1. The van der Waals surface area contributed by atoms with Crippen LogP contribution in [0.25, 0.3) is 0 Å². The molecule has 0 aromatic heterocycles. The van der Waals surface area contributed by atoms with E-state index in [1.54, 1.807) is 6.08 Å². The SMILES string of the molecule is O=C(O)/C=C/C1C=CCC(Cl)C=C1. The molecule has 3 heteroatoms. The zero-order chi connectivity index (χ0) is 9.68. The van der Waals surface area contributed by atoms with E-state index in [1.807, 2.05) is 24.3 Å².